The van der Waals surface area contributed by atoms with E-state index in [4.69, 9.17) is 0 Å². The maximum Gasteiger partial charge on any atom is 0.262 e. The van der Waals surface area contributed by atoms with E-state index in [0.717, 1.165) is 32.9 Å². The Labute approximate surface area is 185 Å². The van der Waals surface area contributed by atoms with Crippen LogP contribution in [0.4, 0.5) is 0 Å². The van der Waals surface area contributed by atoms with E-state index in [1.807, 2.05) is 84.9 Å². The first-order valence-electron chi connectivity index (χ1n) is 10.4. The highest BCUT2D eigenvalue weighted by molar-refractivity contribution is 6.15. The molecule has 3 aromatic carbocycles. The van der Waals surface area contributed by atoms with Gasteiger partial charge in [0, 0.05) is 35.1 Å². The summed E-state index contributed by atoms with van der Waals surface area (Å²) >= 11 is 0. The van der Waals surface area contributed by atoms with Crippen LogP contribution in [0.25, 0.3) is 39.0 Å². The van der Waals surface area contributed by atoms with Gasteiger partial charge in [-0.25, -0.2) is 0 Å². The van der Waals surface area contributed by atoms with Gasteiger partial charge in [0.25, 0.3) is 5.56 Å². The van der Waals surface area contributed by atoms with Crippen molar-refractivity contribution in [3.05, 3.63) is 119 Å². The van der Waals surface area contributed by atoms with Crippen molar-refractivity contribution in [1.29, 1.82) is 0 Å². The van der Waals surface area contributed by atoms with E-state index in [9.17, 15) is 9.59 Å². The lowest BCUT2D eigenvalue weighted by molar-refractivity contribution is 0.104. The summed E-state index contributed by atoms with van der Waals surface area (Å²) in [6, 6.07) is 26.9. The fourth-order valence-corrected chi connectivity index (χ4v) is 4.14. The molecule has 0 aliphatic rings. The SMILES string of the molecule is Cn1c(=O)c(C(=O)/C=C\c2cccc3cccnc23)c(-c2ccccc2)c2ccccc21. The number of aryl methyl sites for hydroxylation is 1. The van der Waals surface area contributed by atoms with Crippen molar-refractivity contribution in [1.82, 2.24) is 9.55 Å². The van der Waals surface area contributed by atoms with Crippen LogP contribution in [0.15, 0.2) is 102 Å². The Hall–Kier alpha value is -4.31. The van der Waals surface area contributed by atoms with Crippen LogP contribution in [-0.2, 0) is 7.05 Å². The van der Waals surface area contributed by atoms with Crippen molar-refractivity contribution in [3.63, 3.8) is 0 Å². The number of hydrogen-bond donors (Lipinski definition) is 0. The minimum absolute atomic E-state index is 0.168. The number of ketones is 1. The third kappa shape index (κ3) is 3.32. The molecule has 0 amide bonds. The van der Waals surface area contributed by atoms with Gasteiger partial charge in [0.1, 0.15) is 0 Å². The Kier molecular flexibility index (Phi) is 4.96. The van der Waals surface area contributed by atoms with Gasteiger partial charge in [-0.2, -0.15) is 0 Å². The molecular formula is C28H20N2O2. The Morgan fingerprint density at radius 2 is 1.62 bits per heavy atom. The number of carbonyl (C=O) groups is 1. The summed E-state index contributed by atoms with van der Waals surface area (Å²) in [6.07, 6.45) is 4.94. The third-order valence-electron chi connectivity index (χ3n) is 5.69. The van der Waals surface area contributed by atoms with Crippen LogP contribution in [0.3, 0.4) is 0 Å². The van der Waals surface area contributed by atoms with Gasteiger partial charge in [-0.3, -0.25) is 14.6 Å². The molecule has 5 aromatic rings. The number of pyridine rings is 2. The first-order valence-corrected chi connectivity index (χ1v) is 10.4. The zero-order valence-corrected chi connectivity index (χ0v) is 17.5. The first kappa shape index (κ1) is 19.6. The maximum atomic E-state index is 13.4. The topological polar surface area (TPSA) is 52.0 Å². The van der Waals surface area contributed by atoms with Crippen LogP contribution in [0, 0.1) is 0 Å². The molecule has 0 unspecified atom stereocenters. The van der Waals surface area contributed by atoms with E-state index in [-0.39, 0.29) is 16.9 Å². The van der Waals surface area contributed by atoms with E-state index < -0.39 is 0 Å². The van der Waals surface area contributed by atoms with Crippen molar-refractivity contribution in [3.8, 4) is 11.1 Å². The Bertz CT molecular complexity index is 1560. The second kappa shape index (κ2) is 8.08. The number of aromatic nitrogens is 2. The fourth-order valence-electron chi connectivity index (χ4n) is 4.14. The summed E-state index contributed by atoms with van der Waals surface area (Å²) in [5, 5.41) is 1.86. The zero-order chi connectivity index (χ0) is 22.1. The number of nitrogens with zero attached hydrogens (tertiary/aromatic N) is 2. The number of para-hydroxylation sites is 2. The lowest BCUT2D eigenvalue weighted by Gasteiger charge is -2.14. The number of hydrogen-bond acceptors (Lipinski definition) is 3. The molecule has 0 atom stereocenters. The molecule has 0 spiro atoms. The minimum Gasteiger partial charge on any atom is -0.311 e. The van der Waals surface area contributed by atoms with Crippen molar-refractivity contribution in [2.24, 2.45) is 7.05 Å². The second-order valence-corrected chi connectivity index (χ2v) is 7.62. The van der Waals surface area contributed by atoms with Crippen molar-refractivity contribution >= 4 is 33.7 Å². The van der Waals surface area contributed by atoms with Crippen molar-refractivity contribution in [2.45, 2.75) is 0 Å². The summed E-state index contributed by atoms with van der Waals surface area (Å²) in [5.41, 5.74) is 3.79. The molecule has 2 aromatic heterocycles. The lowest BCUT2D eigenvalue weighted by Crippen LogP contribution is -2.25. The molecule has 4 nitrogen and oxygen atoms in total. The van der Waals surface area contributed by atoms with Gasteiger partial charge in [0.15, 0.2) is 5.78 Å². The predicted molar refractivity (Wildman–Crippen MR) is 130 cm³/mol. The summed E-state index contributed by atoms with van der Waals surface area (Å²) in [4.78, 5) is 31.2. The Morgan fingerprint density at radius 1 is 0.875 bits per heavy atom. The number of benzene rings is 3. The van der Waals surface area contributed by atoms with Crippen LogP contribution in [-0.4, -0.2) is 15.3 Å². The normalized spacial score (nSPS) is 11.4. The first-order chi connectivity index (χ1) is 15.6. The van der Waals surface area contributed by atoms with E-state index in [1.165, 1.54) is 6.08 Å². The molecular weight excluding hydrogens is 396 g/mol. The van der Waals surface area contributed by atoms with Gasteiger partial charge in [-0.15, -0.1) is 0 Å². The second-order valence-electron chi connectivity index (χ2n) is 7.62. The number of allylic oxidation sites excluding steroid dienone is 1. The molecule has 0 saturated heterocycles. The van der Waals surface area contributed by atoms with Crippen LogP contribution in [0.1, 0.15) is 15.9 Å². The standard InChI is InChI=1S/C28H20N2O2/c1-30-23-15-6-5-14-22(23)25(19-9-3-2-4-10-19)26(28(30)32)24(31)17-16-21-12-7-11-20-13-8-18-29-27(20)21/h2-18H,1H3/b17-16-. The molecule has 0 saturated carbocycles. The molecule has 32 heavy (non-hydrogen) atoms. The molecule has 154 valence electrons. The summed E-state index contributed by atoms with van der Waals surface area (Å²) in [7, 11) is 1.70. The van der Waals surface area contributed by atoms with Crippen molar-refractivity contribution in [2.75, 3.05) is 0 Å². The quantitative estimate of drug-likeness (QED) is 0.281. The molecule has 0 radical (unpaired) electrons. The molecule has 5 rings (SSSR count). The predicted octanol–water partition coefficient (Wildman–Crippen LogP) is 5.65. The highest BCUT2D eigenvalue weighted by Crippen LogP contribution is 2.30. The summed E-state index contributed by atoms with van der Waals surface area (Å²) in [5.74, 6) is -0.330. The smallest absolute Gasteiger partial charge is 0.262 e. The molecule has 2 heterocycles. The average molecular weight is 416 g/mol. The number of carbonyl (C=O) groups excluding carboxylic acids is 1. The molecule has 0 bridgehead atoms. The van der Waals surface area contributed by atoms with E-state index in [1.54, 1.807) is 23.9 Å². The molecule has 4 heteroatoms. The van der Waals surface area contributed by atoms with Crippen LogP contribution in [0.2, 0.25) is 0 Å². The van der Waals surface area contributed by atoms with Gasteiger partial charge in [-0.1, -0.05) is 72.8 Å². The van der Waals surface area contributed by atoms with E-state index in [0.29, 0.717) is 5.56 Å². The lowest BCUT2D eigenvalue weighted by atomic mass is 9.93. The summed E-state index contributed by atoms with van der Waals surface area (Å²) < 4.78 is 1.54. The number of rotatable bonds is 4. The zero-order valence-electron chi connectivity index (χ0n) is 17.5. The van der Waals surface area contributed by atoms with Crippen LogP contribution < -0.4 is 5.56 Å². The molecule has 0 N–H and O–H groups in total. The van der Waals surface area contributed by atoms with Gasteiger partial charge >= 0.3 is 0 Å². The monoisotopic (exact) mass is 416 g/mol. The Morgan fingerprint density at radius 3 is 2.47 bits per heavy atom. The highest BCUT2D eigenvalue weighted by atomic mass is 16.1. The summed E-state index contributed by atoms with van der Waals surface area (Å²) in [6.45, 7) is 0. The molecule has 0 aliphatic carbocycles. The van der Waals surface area contributed by atoms with Gasteiger partial charge in [0.05, 0.1) is 16.6 Å². The van der Waals surface area contributed by atoms with Gasteiger partial charge in [-0.05, 0) is 29.8 Å². The van der Waals surface area contributed by atoms with E-state index in [2.05, 4.69) is 4.98 Å². The van der Waals surface area contributed by atoms with E-state index >= 15 is 0 Å². The molecule has 0 fully saturated rings. The van der Waals surface area contributed by atoms with Gasteiger partial charge < -0.3 is 4.57 Å². The largest absolute Gasteiger partial charge is 0.311 e. The van der Waals surface area contributed by atoms with Crippen LogP contribution in [0.5, 0.6) is 0 Å². The van der Waals surface area contributed by atoms with Crippen LogP contribution >= 0.6 is 0 Å². The average Bonchev–Trinajstić information content (AvgIpc) is 2.85. The maximum absolute atomic E-state index is 13.4. The third-order valence-corrected chi connectivity index (χ3v) is 5.69. The molecule has 0 aliphatic heterocycles. The van der Waals surface area contributed by atoms with Crippen molar-refractivity contribution < 1.29 is 4.79 Å². The number of fused-ring (bicyclic) bond motifs is 2. The fraction of sp³-hybridized carbons (Fsp3) is 0.0357. The van der Waals surface area contributed by atoms with Gasteiger partial charge in [0.2, 0.25) is 0 Å². The Balaban J connectivity index is 1.71. The minimum atomic E-state index is -0.330. The highest BCUT2D eigenvalue weighted by Gasteiger charge is 2.20.